The van der Waals surface area contributed by atoms with E-state index >= 15 is 0 Å². The Bertz CT molecular complexity index is 350. The number of carboxylic acid groups (broad SMARTS) is 1. The zero-order valence-electron chi connectivity index (χ0n) is 8.12. The van der Waals surface area contributed by atoms with E-state index in [2.05, 4.69) is 0 Å². The molecule has 1 saturated heterocycles. The third-order valence-corrected chi connectivity index (χ3v) is 4.10. The fourth-order valence-electron chi connectivity index (χ4n) is 2.38. The zero-order valence-corrected chi connectivity index (χ0v) is 9.63. The quantitative estimate of drug-likeness (QED) is 0.516. The number of alkyl halides is 2. The highest BCUT2D eigenvalue weighted by Gasteiger charge is 2.74. The highest BCUT2D eigenvalue weighted by Crippen LogP contribution is 2.67. The van der Waals surface area contributed by atoms with Crippen molar-refractivity contribution in [2.24, 2.45) is 17.3 Å². The lowest BCUT2D eigenvalue weighted by atomic mass is 10.0. The average Bonchev–Trinajstić information content (AvgIpc) is 2.48. The van der Waals surface area contributed by atoms with Crippen molar-refractivity contribution in [3.05, 3.63) is 0 Å². The van der Waals surface area contributed by atoms with Gasteiger partial charge in [0, 0.05) is 5.92 Å². The predicted octanol–water partition coefficient (Wildman–Crippen LogP) is 0.108. The van der Waals surface area contributed by atoms with E-state index in [-0.39, 0.29) is 17.3 Å². The van der Waals surface area contributed by atoms with Gasteiger partial charge in [-0.3, -0.25) is 4.79 Å². The highest BCUT2D eigenvalue weighted by molar-refractivity contribution is 6.57. The van der Waals surface area contributed by atoms with Gasteiger partial charge in [0.25, 0.3) is 0 Å². The molecule has 0 N–H and O–H groups in total. The molecule has 0 aromatic rings. The number of halogens is 2. The fraction of sp³-hybridized carbons (Fsp3) is 0.778. The van der Waals surface area contributed by atoms with E-state index < -0.39 is 22.4 Å². The first-order valence-corrected chi connectivity index (χ1v) is 5.26. The van der Waals surface area contributed by atoms with Crippen molar-refractivity contribution in [3.8, 4) is 0 Å². The van der Waals surface area contributed by atoms with Crippen molar-refractivity contribution in [2.45, 2.75) is 24.3 Å². The van der Waals surface area contributed by atoms with E-state index in [1.165, 1.54) is 0 Å². The van der Waals surface area contributed by atoms with Crippen molar-refractivity contribution in [3.63, 3.8) is 0 Å². The lowest BCUT2D eigenvalue weighted by Crippen LogP contribution is -2.50. The van der Waals surface area contributed by atoms with Gasteiger partial charge in [-0.1, -0.05) is 37.0 Å². The third-order valence-electron chi connectivity index (χ3n) is 3.36. The Kier molecular flexibility index (Phi) is 2.06. The van der Waals surface area contributed by atoms with Crippen LogP contribution in [0.3, 0.4) is 0 Å². The van der Waals surface area contributed by atoms with Crippen LogP contribution in [0.5, 0.6) is 0 Å². The van der Waals surface area contributed by atoms with E-state index in [1.54, 1.807) is 0 Å². The van der Waals surface area contributed by atoms with Crippen LogP contribution < -0.4 is 5.11 Å². The molecule has 84 valence electrons. The Labute approximate surface area is 96.5 Å². The molecule has 1 heterocycles. The first-order chi connectivity index (χ1) is 6.70. The molecule has 4 nitrogen and oxygen atoms in total. The number of aliphatic carboxylic acids is 1. The molecule has 3 atom stereocenters. The molecule has 2 aliphatic rings. The van der Waals surface area contributed by atoms with Crippen LogP contribution in [0.15, 0.2) is 0 Å². The van der Waals surface area contributed by atoms with Gasteiger partial charge in [0.1, 0.15) is 6.10 Å². The van der Waals surface area contributed by atoms with Crippen molar-refractivity contribution in [1.29, 1.82) is 0 Å². The molecule has 15 heavy (non-hydrogen) atoms. The van der Waals surface area contributed by atoms with Crippen LogP contribution in [0.2, 0.25) is 0 Å². The predicted molar refractivity (Wildman–Crippen MR) is 50.1 cm³/mol. The van der Waals surface area contributed by atoms with Crippen LogP contribution in [0.4, 0.5) is 0 Å². The molecule has 1 aliphatic heterocycles. The van der Waals surface area contributed by atoms with Crippen LogP contribution in [0.1, 0.15) is 13.8 Å². The minimum Gasteiger partial charge on any atom is -0.547 e. The minimum absolute atomic E-state index is 0.238. The van der Waals surface area contributed by atoms with Crippen molar-refractivity contribution in [2.75, 3.05) is 0 Å². The van der Waals surface area contributed by atoms with Crippen LogP contribution >= 0.6 is 23.2 Å². The number of esters is 1. The summed E-state index contributed by atoms with van der Waals surface area (Å²) in [5.74, 6) is -2.59. The number of carboxylic acids is 1. The number of rotatable bonds is 2. The summed E-state index contributed by atoms with van der Waals surface area (Å²) in [6, 6.07) is 0. The smallest absolute Gasteiger partial charge is 0.310 e. The van der Waals surface area contributed by atoms with Gasteiger partial charge in [0.05, 0.1) is 11.9 Å². The number of hydrogen-bond donors (Lipinski definition) is 0. The molecule has 0 spiro atoms. The first-order valence-electron chi connectivity index (χ1n) is 4.50. The number of cyclic esters (lactones) is 1. The van der Waals surface area contributed by atoms with E-state index in [0.29, 0.717) is 0 Å². The summed E-state index contributed by atoms with van der Waals surface area (Å²) in [7, 11) is 0. The molecule has 0 radical (unpaired) electrons. The highest BCUT2D eigenvalue weighted by atomic mass is 35.5. The van der Waals surface area contributed by atoms with Crippen molar-refractivity contribution >= 4 is 35.1 Å². The van der Waals surface area contributed by atoms with E-state index in [4.69, 9.17) is 27.9 Å². The van der Waals surface area contributed by atoms with Gasteiger partial charge in [-0.15, -0.1) is 0 Å². The van der Waals surface area contributed by atoms with Crippen LogP contribution in [0.25, 0.3) is 0 Å². The van der Waals surface area contributed by atoms with E-state index in [9.17, 15) is 14.7 Å². The maximum atomic E-state index is 11.4. The van der Waals surface area contributed by atoms with E-state index in [0.717, 1.165) is 0 Å². The van der Waals surface area contributed by atoms with Gasteiger partial charge in [-0.05, 0) is 5.41 Å². The normalized spacial score (nSPS) is 37.1. The number of carbonyl (C=O) groups excluding carboxylic acids is 2. The molecule has 6 heteroatoms. The SMILES string of the molecule is CC1(C)C2C(=O)OC(C(Cl)(Cl)C(=O)[O-])C21. The Balaban J connectivity index is 2.28. The summed E-state index contributed by atoms with van der Waals surface area (Å²) < 4.78 is 2.70. The molecular weight excluding hydrogens is 243 g/mol. The number of carbonyl (C=O) groups is 2. The molecule has 0 bridgehead atoms. The molecular formula is C9H9Cl2O4-. The van der Waals surface area contributed by atoms with Gasteiger partial charge in [0.2, 0.25) is 0 Å². The lowest BCUT2D eigenvalue weighted by Gasteiger charge is -2.29. The summed E-state index contributed by atoms with van der Waals surface area (Å²) in [4.78, 5) is 22.1. The summed E-state index contributed by atoms with van der Waals surface area (Å²) in [5, 5.41) is 10.7. The summed E-state index contributed by atoms with van der Waals surface area (Å²) in [6.45, 7) is 3.71. The summed E-state index contributed by atoms with van der Waals surface area (Å²) in [5.41, 5.74) is -0.287. The molecule has 0 aromatic heterocycles. The Morgan fingerprint density at radius 1 is 1.53 bits per heavy atom. The zero-order chi connectivity index (χ0) is 11.6. The van der Waals surface area contributed by atoms with Crippen molar-refractivity contribution < 1.29 is 19.4 Å². The van der Waals surface area contributed by atoms with Gasteiger partial charge >= 0.3 is 5.97 Å². The Morgan fingerprint density at radius 2 is 2.07 bits per heavy atom. The molecule has 1 aliphatic carbocycles. The van der Waals surface area contributed by atoms with Crippen molar-refractivity contribution in [1.82, 2.24) is 0 Å². The lowest BCUT2D eigenvalue weighted by molar-refractivity contribution is -0.308. The second-order valence-corrected chi connectivity index (χ2v) is 5.98. The van der Waals surface area contributed by atoms with Crippen LogP contribution in [-0.4, -0.2) is 22.4 Å². The average molecular weight is 252 g/mol. The Morgan fingerprint density at radius 3 is 2.40 bits per heavy atom. The molecule has 2 fully saturated rings. The number of ether oxygens (including phenoxy) is 1. The van der Waals surface area contributed by atoms with Crippen LogP contribution in [-0.2, 0) is 14.3 Å². The minimum atomic E-state index is -2.16. The third kappa shape index (κ3) is 1.27. The van der Waals surface area contributed by atoms with Crippen LogP contribution in [0, 0.1) is 17.3 Å². The maximum absolute atomic E-state index is 11.4. The topological polar surface area (TPSA) is 66.4 Å². The molecule has 3 unspecified atom stereocenters. The standard InChI is InChI=1S/C9H10Cl2O4/c1-8(2)3-4(8)6(12)15-5(3)9(10,11)7(13)14/h3-5H,1-2H3,(H,13,14)/p-1. The Hall–Kier alpha value is -0.480. The molecule has 1 saturated carbocycles. The van der Waals surface area contributed by atoms with Gasteiger partial charge < -0.3 is 14.6 Å². The first kappa shape index (κ1) is 11.0. The summed E-state index contributed by atoms with van der Waals surface area (Å²) in [6.07, 6.45) is -1.02. The maximum Gasteiger partial charge on any atom is 0.310 e. The number of hydrogen-bond acceptors (Lipinski definition) is 4. The molecule has 0 amide bonds. The van der Waals surface area contributed by atoms with Gasteiger partial charge in [-0.25, -0.2) is 0 Å². The number of fused-ring (bicyclic) bond motifs is 1. The van der Waals surface area contributed by atoms with Gasteiger partial charge in [-0.2, -0.15) is 0 Å². The van der Waals surface area contributed by atoms with Gasteiger partial charge in [0.15, 0.2) is 4.33 Å². The summed E-state index contributed by atoms with van der Waals surface area (Å²) >= 11 is 11.2. The monoisotopic (exact) mass is 251 g/mol. The fourth-order valence-corrected chi connectivity index (χ4v) is 2.74. The second kappa shape index (κ2) is 2.80. The largest absolute Gasteiger partial charge is 0.547 e. The molecule has 2 rings (SSSR count). The molecule has 0 aromatic carbocycles. The van der Waals surface area contributed by atoms with E-state index in [1.807, 2.05) is 13.8 Å². The second-order valence-electron chi connectivity index (χ2n) is 4.59.